The highest BCUT2D eigenvalue weighted by molar-refractivity contribution is 6.05. The highest BCUT2D eigenvalue weighted by Gasteiger charge is 2.10. The summed E-state index contributed by atoms with van der Waals surface area (Å²) in [5.74, 6) is 5.49. The van der Waals surface area contributed by atoms with E-state index >= 15 is 0 Å². The van der Waals surface area contributed by atoms with Gasteiger partial charge in [-0.25, -0.2) is 0 Å². The quantitative estimate of drug-likeness (QED) is 0.836. The first-order valence-electron chi connectivity index (χ1n) is 6.12. The second-order valence-corrected chi connectivity index (χ2v) is 4.17. The number of hydrogen-bond acceptors (Lipinski definition) is 4. The molecule has 1 amide bonds. The normalized spacial score (nSPS) is 9.70. The summed E-state index contributed by atoms with van der Waals surface area (Å²) >= 11 is 0. The maximum absolute atomic E-state index is 12.1. The molecule has 0 saturated carbocycles. The van der Waals surface area contributed by atoms with Crippen molar-refractivity contribution in [2.45, 2.75) is 13.3 Å². The van der Waals surface area contributed by atoms with Crippen LogP contribution in [0.4, 0.5) is 5.69 Å². The molecule has 0 aliphatic heterocycles. The van der Waals surface area contributed by atoms with E-state index in [9.17, 15) is 4.79 Å². The van der Waals surface area contributed by atoms with Gasteiger partial charge in [-0.1, -0.05) is 23.1 Å². The summed E-state index contributed by atoms with van der Waals surface area (Å²) in [5, 5.41) is 14.9. The Morgan fingerprint density at radius 2 is 2.35 bits per heavy atom. The minimum Gasteiger partial charge on any atom is -0.395 e. The highest BCUT2D eigenvalue weighted by atomic mass is 16.5. The van der Waals surface area contributed by atoms with Crippen LogP contribution in [0.1, 0.15) is 27.9 Å². The van der Waals surface area contributed by atoms with Crippen LogP contribution in [-0.2, 0) is 0 Å². The molecule has 0 saturated heterocycles. The van der Waals surface area contributed by atoms with Gasteiger partial charge < -0.3 is 14.9 Å². The summed E-state index contributed by atoms with van der Waals surface area (Å²) in [6.07, 6.45) is 3.20. The van der Waals surface area contributed by atoms with E-state index in [0.717, 1.165) is 11.1 Å². The number of nitrogens with one attached hydrogen (secondary N) is 1. The van der Waals surface area contributed by atoms with E-state index in [1.54, 1.807) is 6.07 Å². The van der Waals surface area contributed by atoms with Crippen LogP contribution in [0, 0.1) is 18.8 Å². The molecule has 102 valence electrons. The van der Waals surface area contributed by atoms with Crippen LogP contribution < -0.4 is 5.32 Å². The number of hydrogen-bond donors (Lipinski definition) is 2. The Morgan fingerprint density at radius 1 is 1.50 bits per heavy atom. The number of nitrogens with zero attached hydrogens (tertiary/aromatic N) is 1. The number of benzene rings is 1. The zero-order valence-electron chi connectivity index (χ0n) is 11.0. The zero-order valence-corrected chi connectivity index (χ0v) is 11.0. The van der Waals surface area contributed by atoms with Crippen LogP contribution in [0.3, 0.4) is 0 Å². The van der Waals surface area contributed by atoms with Gasteiger partial charge in [-0.3, -0.25) is 4.79 Å². The van der Waals surface area contributed by atoms with E-state index in [2.05, 4.69) is 26.8 Å². The summed E-state index contributed by atoms with van der Waals surface area (Å²) in [7, 11) is 0. The van der Waals surface area contributed by atoms with Gasteiger partial charge in [0, 0.05) is 17.5 Å². The smallest absolute Gasteiger partial charge is 0.256 e. The summed E-state index contributed by atoms with van der Waals surface area (Å²) in [6.45, 7) is 1.88. The average molecular weight is 270 g/mol. The number of aliphatic hydroxyl groups is 1. The number of aryl methyl sites for hydroxylation is 1. The minimum absolute atomic E-state index is 0.0275. The molecular formula is C15H14N2O3. The first kappa shape index (κ1) is 13.8. The lowest BCUT2D eigenvalue weighted by atomic mass is 10.0. The van der Waals surface area contributed by atoms with Gasteiger partial charge in [0.05, 0.1) is 12.8 Å². The molecule has 5 heteroatoms. The lowest BCUT2D eigenvalue weighted by Gasteiger charge is -2.06. The van der Waals surface area contributed by atoms with Gasteiger partial charge in [-0.05, 0) is 24.6 Å². The number of amides is 1. The Bertz CT molecular complexity index is 651. The van der Waals surface area contributed by atoms with E-state index in [1.165, 1.54) is 12.5 Å². The van der Waals surface area contributed by atoms with Crippen molar-refractivity contribution in [3.05, 3.63) is 47.3 Å². The monoisotopic (exact) mass is 270 g/mol. The van der Waals surface area contributed by atoms with Crippen molar-refractivity contribution in [3.8, 4) is 11.8 Å². The van der Waals surface area contributed by atoms with E-state index in [-0.39, 0.29) is 12.5 Å². The molecule has 0 atom stereocenters. The summed E-state index contributed by atoms with van der Waals surface area (Å²) in [5.41, 5.74) is 2.64. The second kappa shape index (κ2) is 6.55. The number of anilines is 1. The van der Waals surface area contributed by atoms with Gasteiger partial charge in [0.25, 0.3) is 5.91 Å². The molecule has 0 spiro atoms. The van der Waals surface area contributed by atoms with Crippen LogP contribution in [-0.4, -0.2) is 22.8 Å². The first-order valence-corrected chi connectivity index (χ1v) is 6.12. The third-order valence-corrected chi connectivity index (χ3v) is 2.64. The third-order valence-electron chi connectivity index (χ3n) is 2.64. The lowest BCUT2D eigenvalue weighted by Crippen LogP contribution is -2.13. The summed E-state index contributed by atoms with van der Waals surface area (Å²) < 4.78 is 4.66. The molecule has 0 aliphatic rings. The predicted molar refractivity (Wildman–Crippen MR) is 74.2 cm³/mol. The van der Waals surface area contributed by atoms with Gasteiger partial charge in [0.1, 0.15) is 12.0 Å². The molecule has 1 aromatic heterocycles. The van der Waals surface area contributed by atoms with E-state index in [4.69, 9.17) is 5.11 Å². The molecule has 0 bridgehead atoms. The SMILES string of the molecule is Cc1ccc(C#CCCO)cc1C(=O)Nc1cnoc1. The number of aromatic nitrogens is 1. The molecule has 5 nitrogen and oxygen atoms in total. The molecule has 1 aromatic carbocycles. The van der Waals surface area contributed by atoms with Crippen molar-refractivity contribution < 1.29 is 14.4 Å². The van der Waals surface area contributed by atoms with Crippen LogP contribution in [0.5, 0.6) is 0 Å². The summed E-state index contributed by atoms with van der Waals surface area (Å²) in [6, 6.07) is 5.41. The third kappa shape index (κ3) is 3.46. The number of rotatable bonds is 3. The number of carbonyl (C=O) groups is 1. The van der Waals surface area contributed by atoms with Crippen LogP contribution in [0.25, 0.3) is 0 Å². The van der Waals surface area contributed by atoms with Crippen molar-refractivity contribution >= 4 is 11.6 Å². The molecular weight excluding hydrogens is 256 g/mol. The molecule has 0 radical (unpaired) electrons. The maximum atomic E-state index is 12.1. The van der Waals surface area contributed by atoms with E-state index in [0.29, 0.717) is 17.7 Å². The fourth-order valence-corrected chi connectivity index (χ4v) is 1.63. The Kier molecular flexibility index (Phi) is 4.53. The lowest BCUT2D eigenvalue weighted by molar-refractivity contribution is 0.102. The van der Waals surface area contributed by atoms with Crippen LogP contribution in [0.15, 0.2) is 35.2 Å². The van der Waals surface area contributed by atoms with Gasteiger partial charge in [0.2, 0.25) is 0 Å². The Balaban J connectivity index is 2.20. The van der Waals surface area contributed by atoms with E-state index in [1.807, 2.05) is 19.1 Å². The molecule has 0 aliphatic carbocycles. The molecule has 2 rings (SSSR count). The molecule has 2 aromatic rings. The van der Waals surface area contributed by atoms with Gasteiger partial charge in [0.15, 0.2) is 0 Å². The molecule has 0 unspecified atom stereocenters. The molecule has 1 heterocycles. The maximum Gasteiger partial charge on any atom is 0.256 e. The fraction of sp³-hybridized carbons (Fsp3) is 0.200. The van der Waals surface area contributed by atoms with Crippen molar-refractivity contribution in [3.63, 3.8) is 0 Å². The van der Waals surface area contributed by atoms with Crippen LogP contribution >= 0.6 is 0 Å². The summed E-state index contributed by atoms with van der Waals surface area (Å²) in [4.78, 5) is 12.1. The topological polar surface area (TPSA) is 75.4 Å². The molecule has 2 N–H and O–H groups in total. The molecule has 0 fully saturated rings. The first-order chi connectivity index (χ1) is 9.70. The second-order valence-electron chi connectivity index (χ2n) is 4.17. The molecule has 20 heavy (non-hydrogen) atoms. The Morgan fingerprint density at radius 3 is 3.05 bits per heavy atom. The number of aliphatic hydroxyl groups excluding tert-OH is 1. The van der Waals surface area contributed by atoms with Gasteiger partial charge in [-0.15, -0.1) is 0 Å². The van der Waals surface area contributed by atoms with Crippen molar-refractivity contribution in [1.82, 2.24) is 5.16 Å². The van der Waals surface area contributed by atoms with Crippen molar-refractivity contribution in [2.24, 2.45) is 0 Å². The van der Waals surface area contributed by atoms with Gasteiger partial charge >= 0.3 is 0 Å². The van der Waals surface area contributed by atoms with Crippen molar-refractivity contribution in [2.75, 3.05) is 11.9 Å². The Hall–Kier alpha value is -2.58. The van der Waals surface area contributed by atoms with Gasteiger partial charge in [-0.2, -0.15) is 0 Å². The largest absolute Gasteiger partial charge is 0.395 e. The predicted octanol–water partition coefficient (Wildman–Crippen LogP) is 1.97. The Labute approximate surface area is 116 Å². The number of carbonyl (C=O) groups excluding carboxylic acids is 1. The standard InChI is InChI=1S/C15H14N2O3/c1-11-5-6-12(4-2-3-7-18)8-14(11)15(19)17-13-9-16-20-10-13/h5-6,8-10,18H,3,7H2,1H3,(H,17,19). The fourth-order valence-electron chi connectivity index (χ4n) is 1.63. The minimum atomic E-state index is -0.239. The van der Waals surface area contributed by atoms with E-state index < -0.39 is 0 Å². The highest BCUT2D eigenvalue weighted by Crippen LogP contribution is 2.13. The van der Waals surface area contributed by atoms with Crippen LogP contribution in [0.2, 0.25) is 0 Å². The average Bonchev–Trinajstić information content (AvgIpc) is 2.93. The zero-order chi connectivity index (χ0) is 14.4. The van der Waals surface area contributed by atoms with Crippen molar-refractivity contribution in [1.29, 1.82) is 0 Å².